The maximum Gasteiger partial charge on any atom is 0.294 e. The first kappa shape index (κ1) is 19.7. The fourth-order valence-electron chi connectivity index (χ4n) is 3.57. The van der Waals surface area contributed by atoms with Crippen LogP contribution in [0.2, 0.25) is 0 Å². The first-order chi connectivity index (χ1) is 15.7. The Balaban J connectivity index is 1.32. The summed E-state index contributed by atoms with van der Waals surface area (Å²) < 4.78 is 16.5. The minimum absolute atomic E-state index is 0.129. The number of para-hydroxylation sites is 2. The molecule has 7 heteroatoms. The van der Waals surface area contributed by atoms with Gasteiger partial charge >= 0.3 is 0 Å². The van der Waals surface area contributed by atoms with Gasteiger partial charge in [0.05, 0.1) is 5.69 Å². The van der Waals surface area contributed by atoms with E-state index < -0.39 is 0 Å². The molecule has 3 aromatic rings. The fraction of sp³-hybridized carbons (Fsp3) is 0.120. The van der Waals surface area contributed by atoms with Crippen molar-refractivity contribution < 1.29 is 23.8 Å². The molecular formula is C25H20N2O5. The zero-order valence-electron chi connectivity index (χ0n) is 17.1. The number of hydrogen-bond donors (Lipinski definition) is 1. The Morgan fingerprint density at radius 1 is 0.938 bits per heavy atom. The van der Waals surface area contributed by atoms with Crippen LogP contribution in [0.25, 0.3) is 6.08 Å². The number of anilines is 1. The van der Waals surface area contributed by atoms with E-state index >= 15 is 0 Å². The van der Waals surface area contributed by atoms with E-state index in [1.165, 1.54) is 4.90 Å². The molecule has 0 fully saturated rings. The van der Waals surface area contributed by atoms with Crippen molar-refractivity contribution >= 4 is 23.6 Å². The van der Waals surface area contributed by atoms with Crippen molar-refractivity contribution in [1.82, 2.24) is 5.32 Å². The predicted octanol–water partition coefficient (Wildman–Crippen LogP) is 3.50. The molecule has 2 amide bonds. The van der Waals surface area contributed by atoms with Gasteiger partial charge < -0.3 is 19.5 Å². The lowest BCUT2D eigenvalue weighted by Crippen LogP contribution is -2.44. The second-order valence-corrected chi connectivity index (χ2v) is 7.34. The second-order valence-electron chi connectivity index (χ2n) is 7.34. The first-order valence-corrected chi connectivity index (χ1v) is 10.2. The highest BCUT2D eigenvalue weighted by atomic mass is 16.7. The summed E-state index contributed by atoms with van der Waals surface area (Å²) >= 11 is 0. The molecule has 0 saturated heterocycles. The molecule has 0 bridgehead atoms. The molecular weight excluding hydrogens is 408 g/mol. The monoisotopic (exact) mass is 428 g/mol. The number of nitrogens with zero attached hydrogens (tertiary/aromatic N) is 1. The lowest BCUT2D eigenvalue weighted by Gasteiger charge is -2.30. The molecule has 0 radical (unpaired) electrons. The molecule has 2 aliphatic heterocycles. The lowest BCUT2D eigenvalue weighted by atomic mass is 10.1. The fourth-order valence-corrected chi connectivity index (χ4v) is 3.57. The van der Waals surface area contributed by atoms with Crippen molar-refractivity contribution in [2.75, 3.05) is 18.2 Å². The molecule has 0 unspecified atom stereocenters. The van der Waals surface area contributed by atoms with E-state index in [2.05, 4.69) is 5.32 Å². The van der Waals surface area contributed by atoms with Crippen molar-refractivity contribution in [3.63, 3.8) is 0 Å². The van der Waals surface area contributed by atoms with Crippen molar-refractivity contribution in [2.24, 2.45) is 0 Å². The average Bonchev–Trinajstić information content (AvgIpc) is 3.29. The Hall–Kier alpha value is -4.26. The molecule has 0 saturated carbocycles. The van der Waals surface area contributed by atoms with Gasteiger partial charge in [0.15, 0.2) is 23.0 Å². The molecule has 0 spiro atoms. The molecule has 160 valence electrons. The van der Waals surface area contributed by atoms with Crippen LogP contribution in [0.3, 0.4) is 0 Å². The third-order valence-corrected chi connectivity index (χ3v) is 5.16. The Morgan fingerprint density at radius 3 is 2.59 bits per heavy atom. The number of nitrogens with one attached hydrogen (secondary N) is 1. The maximum atomic E-state index is 13.2. The minimum Gasteiger partial charge on any atom is -0.454 e. The molecule has 2 aliphatic rings. The van der Waals surface area contributed by atoms with Crippen LogP contribution in [0.1, 0.15) is 11.1 Å². The lowest BCUT2D eigenvalue weighted by molar-refractivity contribution is -0.123. The first-order valence-electron chi connectivity index (χ1n) is 10.2. The normalized spacial score (nSPS) is 15.3. The van der Waals surface area contributed by atoms with Crippen LogP contribution in [0.4, 0.5) is 5.69 Å². The molecule has 0 atom stereocenters. The van der Waals surface area contributed by atoms with E-state index in [9.17, 15) is 9.59 Å². The van der Waals surface area contributed by atoms with Gasteiger partial charge in [-0.3, -0.25) is 14.5 Å². The molecule has 7 nitrogen and oxygen atoms in total. The molecule has 3 aromatic carbocycles. The van der Waals surface area contributed by atoms with Gasteiger partial charge in [-0.2, -0.15) is 0 Å². The van der Waals surface area contributed by atoms with Crippen LogP contribution in [0.5, 0.6) is 17.2 Å². The minimum atomic E-state index is -0.370. The van der Waals surface area contributed by atoms with E-state index in [0.717, 1.165) is 11.1 Å². The quantitative estimate of drug-likeness (QED) is 0.630. The van der Waals surface area contributed by atoms with Crippen LogP contribution in [-0.4, -0.2) is 25.2 Å². The van der Waals surface area contributed by atoms with Gasteiger partial charge in [0.1, 0.15) is 6.54 Å². The summed E-state index contributed by atoms with van der Waals surface area (Å²) in [7, 11) is 0. The molecule has 0 aromatic heterocycles. The second kappa shape index (κ2) is 8.47. The zero-order valence-corrected chi connectivity index (χ0v) is 17.1. The van der Waals surface area contributed by atoms with Crippen molar-refractivity contribution in [1.29, 1.82) is 0 Å². The summed E-state index contributed by atoms with van der Waals surface area (Å²) in [4.78, 5) is 27.3. The Morgan fingerprint density at radius 2 is 1.72 bits per heavy atom. The SMILES string of the molecule is O=C(CN1C(=O)C(=Cc2ccccc2)Oc2ccccc21)NCc1ccc2c(c1)OCO2. The highest BCUT2D eigenvalue weighted by Gasteiger charge is 2.31. The van der Waals surface area contributed by atoms with E-state index in [4.69, 9.17) is 14.2 Å². The highest BCUT2D eigenvalue weighted by Crippen LogP contribution is 2.35. The van der Waals surface area contributed by atoms with Crippen molar-refractivity contribution in [3.8, 4) is 17.2 Å². The smallest absolute Gasteiger partial charge is 0.294 e. The van der Waals surface area contributed by atoms with Gasteiger partial charge in [-0.25, -0.2) is 0 Å². The Bertz CT molecular complexity index is 1210. The number of benzene rings is 3. The van der Waals surface area contributed by atoms with Gasteiger partial charge in [-0.1, -0.05) is 48.5 Å². The number of carbonyl (C=O) groups is 2. The van der Waals surface area contributed by atoms with E-state index in [0.29, 0.717) is 29.5 Å². The predicted molar refractivity (Wildman–Crippen MR) is 118 cm³/mol. The molecule has 2 heterocycles. The summed E-state index contributed by atoms with van der Waals surface area (Å²) in [5, 5.41) is 2.86. The summed E-state index contributed by atoms with van der Waals surface area (Å²) in [6, 6.07) is 22.1. The van der Waals surface area contributed by atoms with E-state index in [-0.39, 0.29) is 30.9 Å². The van der Waals surface area contributed by atoms with Crippen molar-refractivity contribution in [3.05, 3.63) is 89.7 Å². The zero-order chi connectivity index (χ0) is 21.9. The Kier molecular flexibility index (Phi) is 5.21. The Labute approximate surface area is 184 Å². The molecule has 32 heavy (non-hydrogen) atoms. The van der Waals surface area contributed by atoms with Gasteiger partial charge in [0.25, 0.3) is 5.91 Å². The summed E-state index contributed by atoms with van der Waals surface area (Å²) in [6.45, 7) is 0.376. The number of hydrogen-bond acceptors (Lipinski definition) is 5. The van der Waals surface area contributed by atoms with Gasteiger partial charge in [0, 0.05) is 6.54 Å². The highest BCUT2D eigenvalue weighted by molar-refractivity contribution is 6.12. The average molecular weight is 428 g/mol. The van der Waals surface area contributed by atoms with Crippen LogP contribution < -0.4 is 24.4 Å². The molecule has 1 N–H and O–H groups in total. The van der Waals surface area contributed by atoms with E-state index in [1.54, 1.807) is 24.3 Å². The van der Waals surface area contributed by atoms with Crippen LogP contribution in [0, 0.1) is 0 Å². The summed E-state index contributed by atoms with van der Waals surface area (Å²) in [6.07, 6.45) is 1.68. The number of carbonyl (C=O) groups excluding carboxylic acids is 2. The number of ether oxygens (including phenoxy) is 3. The topological polar surface area (TPSA) is 77.1 Å². The van der Waals surface area contributed by atoms with Crippen molar-refractivity contribution in [2.45, 2.75) is 6.54 Å². The van der Waals surface area contributed by atoms with Crippen LogP contribution in [0.15, 0.2) is 78.6 Å². The third-order valence-electron chi connectivity index (χ3n) is 5.16. The molecule has 0 aliphatic carbocycles. The van der Waals surface area contributed by atoms with Crippen LogP contribution >= 0.6 is 0 Å². The molecule has 5 rings (SSSR count). The van der Waals surface area contributed by atoms with E-state index in [1.807, 2.05) is 54.6 Å². The standard InChI is InChI=1S/C25H20N2O5/c28-24(26-14-18-10-11-21-22(13-18)31-16-30-21)15-27-19-8-4-5-9-20(19)32-23(25(27)29)12-17-6-2-1-3-7-17/h1-13H,14-16H2,(H,26,28). The van der Waals surface area contributed by atoms with Gasteiger partial charge in [-0.05, 0) is 41.5 Å². The van der Waals surface area contributed by atoms with Gasteiger partial charge in [0.2, 0.25) is 12.7 Å². The summed E-state index contributed by atoms with van der Waals surface area (Å²) in [5.74, 6) is 1.38. The number of rotatable bonds is 5. The van der Waals surface area contributed by atoms with Crippen LogP contribution in [-0.2, 0) is 16.1 Å². The number of amides is 2. The third kappa shape index (κ3) is 4.00. The number of fused-ring (bicyclic) bond motifs is 2. The largest absolute Gasteiger partial charge is 0.454 e. The maximum absolute atomic E-state index is 13.2. The van der Waals surface area contributed by atoms with Gasteiger partial charge in [-0.15, -0.1) is 0 Å². The summed E-state index contributed by atoms with van der Waals surface area (Å²) in [5.41, 5.74) is 2.27.